The number of nitrogens with one attached hydrogen (secondary N) is 1. The summed E-state index contributed by atoms with van der Waals surface area (Å²) in [5, 5.41) is 23.2. The molecule has 0 aromatic heterocycles. The standard InChI is InChI=1S/C60H113NO5/c1-3-5-7-9-11-13-15-32-36-40-44-48-52-58(63)57(56-62)61-59(64)53-49-45-41-37-33-30-28-26-24-22-20-18-17-19-21-23-25-27-29-31-35-39-43-47-51-55-66-60(65)54-50-46-42-38-34-16-14-12-10-8-6-4-2/h12,14,18-21,57-58,62-63H,3-11,13,15-17,22-56H2,1-2H3,(H,61,64)/b14-12-,20-18-,21-19-. The lowest BCUT2D eigenvalue weighted by atomic mass is 10.0. The van der Waals surface area contributed by atoms with Gasteiger partial charge in [-0.1, -0.05) is 249 Å². The van der Waals surface area contributed by atoms with E-state index < -0.39 is 12.1 Å². The van der Waals surface area contributed by atoms with Gasteiger partial charge in [-0.2, -0.15) is 0 Å². The number of aliphatic hydroxyl groups is 2. The van der Waals surface area contributed by atoms with Gasteiger partial charge in [0.15, 0.2) is 0 Å². The maximum absolute atomic E-state index is 12.4. The molecule has 0 radical (unpaired) electrons. The Kier molecular flexibility index (Phi) is 54.1. The molecule has 2 unspecified atom stereocenters. The highest BCUT2D eigenvalue weighted by Gasteiger charge is 2.20. The molecule has 0 aliphatic rings. The monoisotopic (exact) mass is 928 g/mol. The number of carbonyl (C=O) groups excluding carboxylic acids is 2. The van der Waals surface area contributed by atoms with E-state index in [1.807, 2.05) is 0 Å². The number of allylic oxidation sites excluding steroid dienone is 6. The van der Waals surface area contributed by atoms with Crippen LogP contribution in [-0.2, 0) is 14.3 Å². The number of esters is 1. The Morgan fingerprint density at radius 1 is 0.424 bits per heavy atom. The zero-order chi connectivity index (χ0) is 47.9. The summed E-state index contributed by atoms with van der Waals surface area (Å²) in [4.78, 5) is 24.4. The predicted octanol–water partition coefficient (Wildman–Crippen LogP) is 18.0. The van der Waals surface area contributed by atoms with Crippen molar-refractivity contribution in [1.29, 1.82) is 0 Å². The number of hydrogen-bond acceptors (Lipinski definition) is 5. The van der Waals surface area contributed by atoms with Crippen molar-refractivity contribution in [2.24, 2.45) is 0 Å². The lowest BCUT2D eigenvalue weighted by Crippen LogP contribution is -2.45. The molecular formula is C60H113NO5. The highest BCUT2D eigenvalue weighted by Crippen LogP contribution is 2.16. The van der Waals surface area contributed by atoms with Crippen LogP contribution in [0.5, 0.6) is 0 Å². The Morgan fingerprint density at radius 3 is 1.20 bits per heavy atom. The lowest BCUT2D eigenvalue weighted by molar-refractivity contribution is -0.143. The van der Waals surface area contributed by atoms with E-state index in [1.54, 1.807) is 0 Å². The maximum atomic E-state index is 12.4. The Labute approximate surface area is 411 Å². The second-order valence-corrected chi connectivity index (χ2v) is 20.0. The van der Waals surface area contributed by atoms with Gasteiger partial charge < -0.3 is 20.3 Å². The molecule has 0 aliphatic carbocycles. The molecule has 0 saturated heterocycles. The first-order valence-electron chi connectivity index (χ1n) is 29.2. The van der Waals surface area contributed by atoms with Crippen molar-refractivity contribution in [1.82, 2.24) is 5.32 Å². The Morgan fingerprint density at radius 2 is 0.758 bits per heavy atom. The molecule has 0 saturated carbocycles. The first kappa shape index (κ1) is 64.1. The third kappa shape index (κ3) is 51.5. The second kappa shape index (κ2) is 55.7. The summed E-state index contributed by atoms with van der Waals surface area (Å²) >= 11 is 0. The number of hydrogen-bond donors (Lipinski definition) is 3. The summed E-state index contributed by atoms with van der Waals surface area (Å²) in [5.41, 5.74) is 0. The molecule has 0 bridgehead atoms. The molecule has 2 atom stereocenters. The molecule has 1 amide bonds. The number of unbranched alkanes of at least 4 members (excludes halogenated alkanes) is 37. The van der Waals surface area contributed by atoms with E-state index >= 15 is 0 Å². The molecule has 0 aromatic carbocycles. The summed E-state index contributed by atoms with van der Waals surface area (Å²) in [6, 6.07) is -0.545. The number of amides is 1. The Balaban J connectivity index is 3.43. The Bertz CT molecular complexity index is 1070. The fourth-order valence-electron chi connectivity index (χ4n) is 8.90. The van der Waals surface area contributed by atoms with Gasteiger partial charge in [-0.15, -0.1) is 0 Å². The summed E-state index contributed by atoms with van der Waals surface area (Å²) < 4.78 is 5.46. The largest absolute Gasteiger partial charge is 0.466 e. The molecule has 66 heavy (non-hydrogen) atoms. The molecule has 0 fully saturated rings. The normalized spacial score (nSPS) is 12.8. The molecule has 0 aliphatic heterocycles. The van der Waals surface area contributed by atoms with Gasteiger partial charge in [0.1, 0.15) is 0 Å². The molecule has 0 spiro atoms. The van der Waals surface area contributed by atoms with Gasteiger partial charge in [-0.05, 0) is 83.5 Å². The van der Waals surface area contributed by atoms with Crippen molar-refractivity contribution < 1.29 is 24.5 Å². The molecule has 6 heteroatoms. The fourth-order valence-corrected chi connectivity index (χ4v) is 8.90. The molecule has 3 N–H and O–H groups in total. The van der Waals surface area contributed by atoms with E-state index in [0.717, 1.165) is 51.4 Å². The first-order chi connectivity index (χ1) is 32.5. The topological polar surface area (TPSA) is 95.9 Å². The number of aliphatic hydroxyl groups excluding tert-OH is 2. The number of carbonyl (C=O) groups is 2. The maximum Gasteiger partial charge on any atom is 0.305 e. The summed E-state index contributed by atoms with van der Waals surface area (Å²) in [5.74, 6) is -0.0430. The second-order valence-electron chi connectivity index (χ2n) is 20.0. The summed E-state index contributed by atoms with van der Waals surface area (Å²) in [6.07, 6.45) is 68.6. The van der Waals surface area contributed by atoms with Crippen molar-refractivity contribution >= 4 is 11.9 Å². The minimum absolute atomic E-state index is 0.00142. The zero-order valence-electron chi connectivity index (χ0n) is 44.2. The molecule has 388 valence electrons. The van der Waals surface area contributed by atoms with Crippen molar-refractivity contribution in [3.63, 3.8) is 0 Å². The van der Waals surface area contributed by atoms with Crippen molar-refractivity contribution in [3.8, 4) is 0 Å². The van der Waals surface area contributed by atoms with E-state index in [-0.39, 0.29) is 18.5 Å². The van der Waals surface area contributed by atoms with Crippen molar-refractivity contribution in [2.75, 3.05) is 13.2 Å². The average molecular weight is 929 g/mol. The summed E-state index contributed by atoms with van der Waals surface area (Å²) in [7, 11) is 0. The molecular weight excluding hydrogens is 815 g/mol. The molecule has 6 nitrogen and oxygen atoms in total. The van der Waals surface area contributed by atoms with Gasteiger partial charge in [0.05, 0.1) is 25.4 Å². The van der Waals surface area contributed by atoms with E-state index in [9.17, 15) is 19.8 Å². The van der Waals surface area contributed by atoms with Crippen LogP contribution in [0.1, 0.15) is 309 Å². The number of rotatable bonds is 54. The van der Waals surface area contributed by atoms with E-state index in [4.69, 9.17) is 4.74 Å². The highest BCUT2D eigenvalue weighted by atomic mass is 16.5. The van der Waals surface area contributed by atoms with Crippen molar-refractivity contribution in [2.45, 2.75) is 321 Å². The molecule has 0 rings (SSSR count). The predicted molar refractivity (Wildman–Crippen MR) is 287 cm³/mol. The van der Waals surface area contributed by atoms with Gasteiger partial charge in [-0.3, -0.25) is 9.59 Å². The highest BCUT2D eigenvalue weighted by molar-refractivity contribution is 5.76. The van der Waals surface area contributed by atoms with Gasteiger partial charge >= 0.3 is 5.97 Å². The van der Waals surface area contributed by atoms with Gasteiger partial charge in [0.2, 0.25) is 5.91 Å². The van der Waals surface area contributed by atoms with E-state index in [1.165, 1.54) is 225 Å². The smallest absolute Gasteiger partial charge is 0.305 e. The zero-order valence-corrected chi connectivity index (χ0v) is 44.2. The lowest BCUT2D eigenvalue weighted by Gasteiger charge is -2.22. The van der Waals surface area contributed by atoms with Crippen LogP contribution in [0.25, 0.3) is 0 Å². The van der Waals surface area contributed by atoms with Crippen LogP contribution < -0.4 is 5.32 Å². The van der Waals surface area contributed by atoms with Crippen LogP contribution in [0, 0.1) is 0 Å². The summed E-state index contributed by atoms with van der Waals surface area (Å²) in [6.45, 7) is 4.92. The minimum atomic E-state index is -0.667. The minimum Gasteiger partial charge on any atom is -0.466 e. The molecule has 0 heterocycles. The van der Waals surface area contributed by atoms with Gasteiger partial charge in [0, 0.05) is 12.8 Å². The SMILES string of the molecule is CCCCC/C=C\CCCCCCCC(=O)OCCCCCCCCCCC/C=C\C/C=C\CCCCCCCCCCCC(=O)NC(CO)C(O)CCCCCCCCCCCCCC. The van der Waals surface area contributed by atoms with Crippen LogP contribution in [0.15, 0.2) is 36.5 Å². The van der Waals surface area contributed by atoms with Crippen molar-refractivity contribution in [3.05, 3.63) is 36.5 Å². The third-order valence-corrected chi connectivity index (χ3v) is 13.4. The van der Waals surface area contributed by atoms with E-state index in [2.05, 4.69) is 55.6 Å². The van der Waals surface area contributed by atoms with Gasteiger partial charge in [-0.25, -0.2) is 0 Å². The Hall–Kier alpha value is -1.92. The van der Waals surface area contributed by atoms with E-state index in [0.29, 0.717) is 25.9 Å². The number of ether oxygens (including phenoxy) is 1. The van der Waals surface area contributed by atoms with Crippen LogP contribution in [0.3, 0.4) is 0 Å². The van der Waals surface area contributed by atoms with Crippen LogP contribution in [-0.4, -0.2) is 47.4 Å². The quantitative estimate of drug-likeness (QED) is 0.0321. The first-order valence-corrected chi connectivity index (χ1v) is 29.2. The average Bonchev–Trinajstić information content (AvgIpc) is 3.32. The molecule has 0 aromatic rings. The fraction of sp³-hybridized carbons (Fsp3) is 0.867. The van der Waals surface area contributed by atoms with Gasteiger partial charge in [0.25, 0.3) is 0 Å². The third-order valence-electron chi connectivity index (χ3n) is 13.4. The van der Waals surface area contributed by atoms with Crippen LogP contribution >= 0.6 is 0 Å². The van der Waals surface area contributed by atoms with Crippen LogP contribution in [0.4, 0.5) is 0 Å². The van der Waals surface area contributed by atoms with Crippen LogP contribution in [0.2, 0.25) is 0 Å².